The van der Waals surface area contributed by atoms with Gasteiger partial charge in [0.25, 0.3) is 5.91 Å². The molecule has 5 aromatic rings. The Kier molecular flexibility index (Phi) is 4.09. The van der Waals surface area contributed by atoms with E-state index in [0.717, 1.165) is 24.1 Å². The number of anilines is 1. The molecule has 0 aliphatic rings. The van der Waals surface area contributed by atoms with E-state index in [9.17, 15) is 4.79 Å². The normalized spacial score (nSPS) is 11.3. The van der Waals surface area contributed by atoms with Crippen LogP contribution in [0.5, 0.6) is 0 Å². The average molecular weight is 385 g/mol. The number of imidazole rings is 1. The van der Waals surface area contributed by atoms with Gasteiger partial charge < -0.3 is 15.2 Å². The van der Waals surface area contributed by atoms with E-state index in [1.54, 1.807) is 19.3 Å². The third kappa shape index (κ3) is 2.94. The van der Waals surface area contributed by atoms with E-state index >= 15 is 0 Å². The molecule has 0 bridgehead atoms. The van der Waals surface area contributed by atoms with Gasteiger partial charge in [-0.15, -0.1) is 0 Å². The van der Waals surface area contributed by atoms with Crippen molar-refractivity contribution in [3.05, 3.63) is 66.6 Å². The summed E-state index contributed by atoms with van der Waals surface area (Å²) >= 11 is 0. The zero-order chi connectivity index (χ0) is 19.8. The van der Waals surface area contributed by atoms with Gasteiger partial charge in [0.1, 0.15) is 11.3 Å². The molecule has 29 heavy (non-hydrogen) atoms. The Bertz CT molecular complexity index is 1340. The van der Waals surface area contributed by atoms with Gasteiger partial charge in [-0.25, -0.2) is 15.0 Å². The summed E-state index contributed by atoms with van der Waals surface area (Å²) in [4.78, 5) is 26.4. The van der Waals surface area contributed by atoms with Crippen LogP contribution in [0.15, 0.2) is 61.1 Å². The van der Waals surface area contributed by atoms with Crippen LogP contribution in [0.3, 0.4) is 0 Å². The Labute approximate surface area is 166 Å². The van der Waals surface area contributed by atoms with Crippen LogP contribution in [0.1, 0.15) is 10.4 Å². The van der Waals surface area contributed by atoms with Crippen LogP contribution in [0, 0.1) is 0 Å². The molecule has 4 heterocycles. The molecular weight excluding hydrogens is 366 g/mol. The first kappa shape index (κ1) is 17.2. The zero-order valence-electron chi connectivity index (χ0n) is 15.8. The maximum atomic E-state index is 12.4. The summed E-state index contributed by atoms with van der Waals surface area (Å²) in [5.74, 6) is 0.472. The number of carbonyl (C=O) groups excluding carboxylic acids is 1. The first-order valence-electron chi connectivity index (χ1n) is 9.38. The van der Waals surface area contributed by atoms with Gasteiger partial charge in [0.15, 0.2) is 11.3 Å². The lowest BCUT2D eigenvalue weighted by Crippen LogP contribution is -2.19. The van der Waals surface area contributed by atoms with E-state index in [-0.39, 0.29) is 5.91 Å². The van der Waals surface area contributed by atoms with Crippen molar-refractivity contribution in [1.29, 1.82) is 0 Å². The summed E-state index contributed by atoms with van der Waals surface area (Å²) in [6.07, 6.45) is 5.74. The highest BCUT2D eigenvalue weighted by atomic mass is 16.1. The number of carbonyl (C=O) groups is 1. The largest absolute Gasteiger partial charge is 0.367 e. The van der Waals surface area contributed by atoms with Gasteiger partial charge in [-0.3, -0.25) is 9.20 Å². The van der Waals surface area contributed by atoms with Gasteiger partial charge in [-0.05, 0) is 30.3 Å². The van der Waals surface area contributed by atoms with E-state index in [0.29, 0.717) is 28.2 Å². The highest BCUT2D eigenvalue weighted by molar-refractivity contribution is 6.04. The SMILES string of the molecule is CNC(=O)c1cc2ncc(NCCn3cccc3)nc2n2c1nc1ccccc12. The predicted octanol–water partition coefficient (Wildman–Crippen LogP) is 2.70. The number of amides is 1. The average Bonchev–Trinajstić information content (AvgIpc) is 3.40. The standard InChI is InChI=1S/C21H19N7O/c1-22-21(29)14-12-16-20(28-17-7-3-2-6-15(17)25-19(14)28)26-18(13-24-16)23-8-11-27-9-4-5-10-27/h2-7,9-10,12-13H,8,11H2,1H3,(H,22,29)(H,23,26). The van der Waals surface area contributed by atoms with Gasteiger partial charge in [-0.2, -0.15) is 0 Å². The summed E-state index contributed by atoms with van der Waals surface area (Å²) in [7, 11) is 1.61. The molecular formula is C21H19N7O. The van der Waals surface area contributed by atoms with Crippen LogP contribution in [0.2, 0.25) is 0 Å². The van der Waals surface area contributed by atoms with Crippen molar-refractivity contribution in [2.45, 2.75) is 6.54 Å². The fraction of sp³-hybridized carbons (Fsp3) is 0.143. The van der Waals surface area contributed by atoms with Crippen molar-refractivity contribution in [1.82, 2.24) is 29.2 Å². The molecule has 1 amide bonds. The Morgan fingerprint density at radius 3 is 2.69 bits per heavy atom. The number of para-hydroxylation sites is 2. The van der Waals surface area contributed by atoms with E-state index in [1.165, 1.54) is 0 Å². The number of benzene rings is 1. The molecule has 5 rings (SSSR count). The maximum Gasteiger partial charge on any atom is 0.254 e. The Hall–Kier alpha value is -3.94. The number of hydrogen-bond donors (Lipinski definition) is 2. The summed E-state index contributed by atoms with van der Waals surface area (Å²) in [5, 5.41) is 6.00. The van der Waals surface area contributed by atoms with Crippen LogP contribution in [-0.2, 0) is 6.54 Å². The van der Waals surface area contributed by atoms with E-state index < -0.39 is 0 Å². The Morgan fingerprint density at radius 2 is 1.86 bits per heavy atom. The molecule has 0 atom stereocenters. The summed E-state index contributed by atoms with van der Waals surface area (Å²) in [6, 6.07) is 13.5. The molecule has 1 aromatic carbocycles. The second-order valence-electron chi connectivity index (χ2n) is 6.71. The van der Waals surface area contributed by atoms with Gasteiger partial charge in [-0.1, -0.05) is 12.1 Å². The number of rotatable bonds is 5. The van der Waals surface area contributed by atoms with Crippen molar-refractivity contribution < 1.29 is 4.79 Å². The number of aromatic nitrogens is 5. The van der Waals surface area contributed by atoms with Gasteiger partial charge in [0, 0.05) is 32.5 Å². The van der Waals surface area contributed by atoms with Crippen LogP contribution in [-0.4, -0.2) is 43.4 Å². The van der Waals surface area contributed by atoms with Gasteiger partial charge in [0.2, 0.25) is 0 Å². The second kappa shape index (κ2) is 6.90. The summed E-state index contributed by atoms with van der Waals surface area (Å²) in [6.45, 7) is 1.55. The molecule has 0 saturated carbocycles. The molecule has 0 aliphatic carbocycles. The highest BCUT2D eigenvalue weighted by Crippen LogP contribution is 2.25. The van der Waals surface area contributed by atoms with Gasteiger partial charge >= 0.3 is 0 Å². The lowest BCUT2D eigenvalue weighted by Gasteiger charge is -2.10. The monoisotopic (exact) mass is 385 g/mol. The zero-order valence-corrected chi connectivity index (χ0v) is 15.8. The Balaban J connectivity index is 1.64. The number of nitrogens with zero attached hydrogens (tertiary/aromatic N) is 5. The fourth-order valence-electron chi connectivity index (χ4n) is 3.50. The molecule has 4 aromatic heterocycles. The van der Waals surface area contributed by atoms with Crippen LogP contribution < -0.4 is 10.6 Å². The molecule has 2 N–H and O–H groups in total. The minimum absolute atomic E-state index is 0.206. The summed E-state index contributed by atoms with van der Waals surface area (Å²) in [5.41, 5.74) is 4.02. The predicted molar refractivity (Wildman–Crippen MR) is 112 cm³/mol. The number of nitrogens with one attached hydrogen (secondary N) is 2. The quantitative estimate of drug-likeness (QED) is 0.486. The van der Waals surface area contributed by atoms with Crippen molar-refractivity contribution in [2.75, 3.05) is 18.9 Å². The van der Waals surface area contributed by atoms with Gasteiger partial charge in [0.05, 0.1) is 22.8 Å². The molecule has 8 heteroatoms. The fourth-order valence-corrected chi connectivity index (χ4v) is 3.50. The maximum absolute atomic E-state index is 12.4. The van der Waals surface area contributed by atoms with E-state index in [4.69, 9.17) is 4.98 Å². The van der Waals surface area contributed by atoms with Crippen LogP contribution in [0.25, 0.3) is 27.8 Å². The highest BCUT2D eigenvalue weighted by Gasteiger charge is 2.18. The molecule has 8 nitrogen and oxygen atoms in total. The topological polar surface area (TPSA) is 89.1 Å². The minimum atomic E-state index is -0.206. The van der Waals surface area contributed by atoms with Crippen molar-refractivity contribution in [2.24, 2.45) is 0 Å². The number of pyridine rings is 1. The molecule has 0 fully saturated rings. The number of fused-ring (bicyclic) bond motifs is 5. The van der Waals surface area contributed by atoms with E-state index in [1.807, 2.05) is 53.2 Å². The van der Waals surface area contributed by atoms with Crippen molar-refractivity contribution >= 4 is 39.6 Å². The second-order valence-corrected chi connectivity index (χ2v) is 6.71. The van der Waals surface area contributed by atoms with Crippen LogP contribution >= 0.6 is 0 Å². The lowest BCUT2D eigenvalue weighted by molar-refractivity contribution is 0.0964. The third-order valence-corrected chi connectivity index (χ3v) is 4.89. The van der Waals surface area contributed by atoms with E-state index in [2.05, 4.69) is 25.2 Å². The third-order valence-electron chi connectivity index (χ3n) is 4.89. The van der Waals surface area contributed by atoms with Crippen molar-refractivity contribution in [3.8, 4) is 0 Å². The smallest absolute Gasteiger partial charge is 0.254 e. The molecule has 0 unspecified atom stereocenters. The molecule has 144 valence electrons. The van der Waals surface area contributed by atoms with Crippen molar-refractivity contribution in [3.63, 3.8) is 0 Å². The molecule has 0 saturated heterocycles. The van der Waals surface area contributed by atoms with Crippen LogP contribution in [0.4, 0.5) is 5.82 Å². The molecule has 0 radical (unpaired) electrons. The minimum Gasteiger partial charge on any atom is -0.367 e. The summed E-state index contributed by atoms with van der Waals surface area (Å²) < 4.78 is 4.00. The Morgan fingerprint density at radius 1 is 1.03 bits per heavy atom. The molecule has 0 spiro atoms. The lowest BCUT2D eigenvalue weighted by atomic mass is 10.2. The first-order chi connectivity index (χ1) is 14.2. The number of hydrogen-bond acceptors (Lipinski definition) is 5. The first-order valence-corrected chi connectivity index (χ1v) is 9.38. The molecule has 0 aliphatic heterocycles.